The number of carboxylic acid groups (broad SMARTS) is 1. The summed E-state index contributed by atoms with van der Waals surface area (Å²) >= 11 is 0. The van der Waals surface area contributed by atoms with Crippen molar-refractivity contribution in [3.63, 3.8) is 0 Å². The molecule has 128 valence electrons. The van der Waals surface area contributed by atoms with Crippen molar-refractivity contribution in [1.82, 2.24) is 4.72 Å². The molecule has 2 aromatic rings. The number of carbonyl (C=O) groups is 1. The number of hydrogen-bond acceptors (Lipinski definition) is 4. The summed E-state index contributed by atoms with van der Waals surface area (Å²) in [4.78, 5) is 11.5. The van der Waals surface area contributed by atoms with Crippen LogP contribution in [0.5, 0.6) is 0 Å². The van der Waals surface area contributed by atoms with E-state index in [1.807, 2.05) is 37.3 Å². The average molecular weight is 348 g/mol. The van der Waals surface area contributed by atoms with Gasteiger partial charge in [-0.25, -0.2) is 17.9 Å². The predicted molar refractivity (Wildman–Crippen MR) is 92.7 cm³/mol. The average Bonchev–Trinajstić information content (AvgIpc) is 2.55. The molecule has 0 fully saturated rings. The predicted octanol–water partition coefficient (Wildman–Crippen LogP) is 2.86. The fourth-order valence-corrected chi connectivity index (χ4v) is 3.39. The second kappa shape index (κ2) is 7.46. The highest BCUT2D eigenvalue weighted by atomic mass is 32.2. The second-order valence-electron chi connectivity index (χ2n) is 5.29. The molecular formula is C17H20N2O4S. The summed E-state index contributed by atoms with van der Waals surface area (Å²) in [6.07, 6.45) is 0. The maximum Gasteiger partial charge on any atom is 0.337 e. The minimum atomic E-state index is -3.70. The van der Waals surface area contributed by atoms with Gasteiger partial charge in [-0.15, -0.1) is 0 Å². The first-order chi connectivity index (χ1) is 11.3. The molecular weight excluding hydrogens is 328 g/mol. The van der Waals surface area contributed by atoms with Crippen molar-refractivity contribution < 1.29 is 18.3 Å². The molecule has 0 amide bonds. The first-order valence-electron chi connectivity index (χ1n) is 7.53. The Bertz CT molecular complexity index is 820. The van der Waals surface area contributed by atoms with E-state index in [-0.39, 0.29) is 23.0 Å². The molecule has 6 nitrogen and oxygen atoms in total. The third kappa shape index (κ3) is 4.12. The van der Waals surface area contributed by atoms with E-state index in [0.29, 0.717) is 5.69 Å². The third-order valence-corrected chi connectivity index (χ3v) is 5.08. The number of hydrogen-bond donors (Lipinski definition) is 3. The molecule has 0 radical (unpaired) electrons. The summed E-state index contributed by atoms with van der Waals surface area (Å²) < 4.78 is 26.4. The quantitative estimate of drug-likeness (QED) is 0.715. The lowest BCUT2D eigenvalue weighted by molar-refractivity contribution is 0.0697. The maximum absolute atomic E-state index is 12.0. The first kappa shape index (κ1) is 18.0. The van der Waals surface area contributed by atoms with E-state index in [1.54, 1.807) is 6.92 Å². The van der Waals surface area contributed by atoms with Crippen LogP contribution in [0.4, 0.5) is 5.69 Å². The molecule has 2 rings (SSSR count). The van der Waals surface area contributed by atoms with E-state index in [9.17, 15) is 18.3 Å². The monoisotopic (exact) mass is 348 g/mol. The molecule has 0 aromatic heterocycles. The van der Waals surface area contributed by atoms with Crippen molar-refractivity contribution in [3.05, 3.63) is 59.7 Å². The van der Waals surface area contributed by atoms with Gasteiger partial charge >= 0.3 is 5.97 Å². The van der Waals surface area contributed by atoms with Gasteiger partial charge in [0.05, 0.1) is 10.5 Å². The minimum Gasteiger partial charge on any atom is -0.478 e. The van der Waals surface area contributed by atoms with Gasteiger partial charge in [-0.2, -0.15) is 0 Å². The zero-order valence-corrected chi connectivity index (χ0v) is 14.3. The zero-order valence-electron chi connectivity index (χ0n) is 13.5. The van der Waals surface area contributed by atoms with Gasteiger partial charge in [0.2, 0.25) is 10.0 Å². The molecule has 24 heavy (non-hydrogen) atoms. The van der Waals surface area contributed by atoms with Crippen LogP contribution in [-0.2, 0) is 10.0 Å². The van der Waals surface area contributed by atoms with E-state index in [1.165, 1.54) is 18.2 Å². The Morgan fingerprint density at radius 3 is 2.42 bits per heavy atom. The molecule has 7 heteroatoms. The van der Waals surface area contributed by atoms with Crippen molar-refractivity contribution in [2.45, 2.75) is 24.8 Å². The summed E-state index contributed by atoms with van der Waals surface area (Å²) in [7, 11) is -3.70. The highest BCUT2D eigenvalue weighted by Gasteiger charge is 2.19. The Labute approximate surface area is 141 Å². The highest BCUT2D eigenvalue weighted by Crippen LogP contribution is 2.25. The van der Waals surface area contributed by atoms with Gasteiger partial charge < -0.3 is 10.4 Å². The number of rotatable bonds is 7. The van der Waals surface area contributed by atoms with Crippen LogP contribution in [0, 0.1) is 0 Å². The minimum absolute atomic E-state index is 0.0698. The molecule has 0 heterocycles. The molecule has 0 aliphatic rings. The van der Waals surface area contributed by atoms with Gasteiger partial charge in [-0.05, 0) is 30.7 Å². The van der Waals surface area contributed by atoms with Crippen LogP contribution in [0.15, 0.2) is 53.4 Å². The Morgan fingerprint density at radius 1 is 1.17 bits per heavy atom. The molecule has 3 N–H and O–H groups in total. The second-order valence-corrected chi connectivity index (χ2v) is 7.06. The summed E-state index contributed by atoms with van der Waals surface area (Å²) in [5.74, 6) is -1.19. The van der Waals surface area contributed by atoms with E-state index >= 15 is 0 Å². The Hall–Kier alpha value is -2.38. The summed E-state index contributed by atoms with van der Waals surface area (Å²) in [5, 5.41) is 12.5. The van der Waals surface area contributed by atoms with Crippen LogP contribution in [0.25, 0.3) is 0 Å². The molecule has 1 atom stereocenters. The maximum atomic E-state index is 12.0. The summed E-state index contributed by atoms with van der Waals surface area (Å²) in [5.41, 5.74) is 1.28. The molecule has 0 aliphatic heterocycles. The van der Waals surface area contributed by atoms with Gasteiger partial charge in [0.25, 0.3) is 0 Å². The van der Waals surface area contributed by atoms with Crippen molar-refractivity contribution in [2.24, 2.45) is 0 Å². The van der Waals surface area contributed by atoms with Gasteiger partial charge in [0, 0.05) is 18.3 Å². The zero-order chi connectivity index (χ0) is 17.7. The van der Waals surface area contributed by atoms with Crippen molar-refractivity contribution in [1.29, 1.82) is 0 Å². The van der Waals surface area contributed by atoms with Crippen LogP contribution in [0.3, 0.4) is 0 Å². The molecule has 0 spiro atoms. The van der Waals surface area contributed by atoms with Crippen molar-refractivity contribution in [2.75, 3.05) is 11.9 Å². The Kier molecular flexibility index (Phi) is 5.58. The molecule has 2 aromatic carbocycles. The molecule has 0 bridgehead atoms. The lowest BCUT2D eigenvalue weighted by atomic mass is 10.1. The number of nitrogens with one attached hydrogen (secondary N) is 2. The number of sulfonamides is 1. The Morgan fingerprint density at radius 2 is 1.83 bits per heavy atom. The van der Waals surface area contributed by atoms with E-state index in [0.717, 1.165) is 5.56 Å². The van der Waals surface area contributed by atoms with E-state index in [2.05, 4.69) is 10.0 Å². The number of carboxylic acids is 1. The van der Waals surface area contributed by atoms with Crippen LogP contribution in [0.1, 0.15) is 35.8 Å². The molecule has 0 aliphatic carbocycles. The Balaban J connectivity index is 2.36. The SMILES string of the molecule is CCNS(=O)(=O)c1ccc(NC(C)c2ccccc2)c(C(=O)O)c1. The summed E-state index contributed by atoms with van der Waals surface area (Å²) in [6, 6.07) is 13.5. The normalized spacial score (nSPS) is 12.6. The smallest absolute Gasteiger partial charge is 0.337 e. The van der Waals surface area contributed by atoms with E-state index in [4.69, 9.17) is 0 Å². The first-order valence-corrected chi connectivity index (χ1v) is 9.02. The van der Waals surface area contributed by atoms with Gasteiger partial charge in [0.1, 0.15) is 0 Å². The fraction of sp³-hybridized carbons (Fsp3) is 0.235. The molecule has 0 saturated carbocycles. The summed E-state index contributed by atoms with van der Waals surface area (Å²) in [6.45, 7) is 3.80. The topological polar surface area (TPSA) is 95.5 Å². The van der Waals surface area contributed by atoms with Crippen LogP contribution >= 0.6 is 0 Å². The number of benzene rings is 2. The lowest BCUT2D eigenvalue weighted by Gasteiger charge is -2.18. The third-order valence-electron chi connectivity index (χ3n) is 3.54. The van der Waals surface area contributed by atoms with E-state index < -0.39 is 16.0 Å². The van der Waals surface area contributed by atoms with Crippen LogP contribution in [-0.4, -0.2) is 26.0 Å². The highest BCUT2D eigenvalue weighted by molar-refractivity contribution is 7.89. The lowest BCUT2D eigenvalue weighted by Crippen LogP contribution is -2.23. The fourth-order valence-electron chi connectivity index (χ4n) is 2.32. The van der Waals surface area contributed by atoms with Gasteiger partial charge in [-0.1, -0.05) is 37.3 Å². The van der Waals surface area contributed by atoms with Crippen LogP contribution < -0.4 is 10.0 Å². The number of aromatic carboxylic acids is 1. The molecule has 1 unspecified atom stereocenters. The van der Waals surface area contributed by atoms with Crippen molar-refractivity contribution >= 4 is 21.7 Å². The molecule has 0 saturated heterocycles. The number of anilines is 1. The standard InChI is InChI=1S/C17H20N2O4S/c1-3-18-24(22,23)14-9-10-16(15(11-14)17(20)21)19-12(2)13-7-5-4-6-8-13/h4-12,18-19H,3H2,1-2H3,(H,20,21). The van der Waals surface area contributed by atoms with Gasteiger partial charge in [0.15, 0.2) is 0 Å². The largest absolute Gasteiger partial charge is 0.478 e. The van der Waals surface area contributed by atoms with Gasteiger partial charge in [-0.3, -0.25) is 0 Å². The van der Waals surface area contributed by atoms with Crippen LogP contribution in [0.2, 0.25) is 0 Å². The van der Waals surface area contributed by atoms with Crippen molar-refractivity contribution in [3.8, 4) is 0 Å².